The summed E-state index contributed by atoms with van der Waals surface area (Å²) >= 11 is 0. The van der Waals surface area contributed by atoms with Gasteiger partial charge in [-0.2, -0.15) is 0 Å². The zero-order chi connectivity index (χ0) is 22.0. The van der Waals surface area contributed by atoms with E-state index in [1.165, 1.54) is 18.2 Å². The summed E-state index contributed by atoms with van der Waals surface area (Å²) in [5, 5.41) is 31.3. The molecule has 3 aromatic carbocycles. The summed E-state index contributed by atoms with van der Waals surface area (Å²) in [5.74, 6) is -1.70. The molecular formula is C24H21NO6. The van der Waals surface area contributed by atoms with Crippen LogP contribution in [0.3, 0.4) is 0 Å². The van der Waals surface area contributed by atoms with E-state index in [0.717, 1.165) is 22.3 Å². The number of rotatable bonds is 6. The number of fused-ring (bicyclic) bond motifs is 3. The largest absolute Gasteiger partial charge is 0.508 e. The summed E-state index contributed by atoms with van der Waals surface area (Å²) < 4.78 is 5.39. The zero-order valence-corrected chi connectivity index (χ0v) is 16.5. The van der Waals surface area contributed by atoms with Crippen molar-refractivity contribution in [1.29, 1.82) is 0 Å². The number of carboxylic acid groups (broad SMARTS) is 1. The van der Waals surface area contributed by atoms with Crippen molar-refractivity contribution in [2.45, 2.75) is 18.4 Å². The minimum absolute atomic E-state index is 0.0591. The Morgan fingerprint density at radius 3 is 2.16 bits per heavy atom. The first-order valence-corrected chi connectivity index (χ1v) is 9.79. The topological polar surface area (TPSA) is 116 Å². The van der Waals surface area contributed by atoms with E-state index in [1.807, 2.05) is 48.5 Å². The highest BCUT2D eigenvalue weighted by Crippen LogP contribution is 2.44. The Hall–Kier alpha value is -4.00. The Bertz CT molecular complexity index is 1100. The number of carbonyl (C=O) groups is 2. The average molecular weight is 419 g/mol. The number of phenolic OH excluding ortho intramolecular Hbond substituents is 2. The van der Waals surface area contributed by atoms with E-state index in [2.05, 4.69) is 5.32 Å². The van der Waals surface area contributed by atoms with Crippen LogP contribution < -0.4 is 5.32 Å². The number of hydrogen-bond acceptors (Lipinski definition) is 5. The lowest BCUT2D eigenvalue weighted by atomic mass is 9.98. The van der Waals surface area contributed by atoms with Gasteiger partial charge in [0.1, 0.15) is 24.1 Å². The number of nitrogens with one attached hydrogen (secondary N) is 1. The number of benzene rings is 3. The summed E-state index contributed by atoms with van der Waals surface area (Å²) in [4.78, 5) is 24.0. The molecule has 7 nitrogen and oxygen atoms in total. The molecule has 1 unspecified atom stereocenters. The lowest BCUT2D eigenvalue weighted by Crippen LogP contribution is -2.42. The third-order valence-electron chi connectivity index (χ3n) is 5.42. The van der Waals surface area contributed by atoms with Crippen molar-refractivity contribution in [3.63, 3.8) is 0 Å². The molecule has 0 spiro atoms. The monoisotopic (exact) mass is 419 g/mol. The third-order valence-corrected chi connectivity index (χ3v) is 5.42. The molecule has 0 aliphatic heterocycles. The van der Waals surface area contributed by atoms with Crippen molar-refractivity contribution in [2.24, 2.45) is 0 Å². The van der Waals surface area contributed by atoms with Gasteiger partial charge < -0.3 is 25.4 Å². The van der Waals surface area contributed by atoms with Gasteiger partial charge in [0.15, 0.2) is 0 Å². The second kappa shape index (κ2) is 8.39. The first-order chi connectivity index (χ1) is 14.9. The molecule has 0 saturated heterocycles. The fraction of sp³-hybridized carbons (Fsp3) is 0.167. The average Bonchev–Trinajstić information content (AvgIpc) is 3.08. The standard InChI is InChI=1S/C24H21NO6/c26-15-9-10-22(27)14(11-15)12-21(23(28)29)25-24(30)31-13-20-18-7-3-1-5-16(18)17-6-2-4-8-19(17)20/h1-11,20-21,26-27H,12-13H2,(H,25,30)(H,28,29). The van der Waals surface area contributed by atoms with Gasteiger partial charge in [-0.15, -0.1) is 0 Å². The Kier molecular flexibility index (Phi) is 5.49. The molecule has 1 atom stereocenters. The van der Waals surface area contributed by atoms with Crippen molar-refractivity contribution in [3.8, 4) is 22.6 Å². The van der Waals surface area contributed by atoms with Gasteiger partial charge in [-0.25, -0.2) is 9.59 Å². The summed E-state index contributed by atoms with van der Waals surface area (Å²) in [5.41, 5.74) is 4.49. The summed E-state index contributed by atoms with van der Waals surface area (Å²) in [6, 6.07) is 18.3. The van der Waals surface area contributed by atoms with Crippen molar-refractivity contribution in [1.82, 2.24) is 5.32 Å². The number of carboxylic acids is 1. The molecule has 3 aromatic rings. The first kappa shape index (κ1) is 20.3. The first-order valence-electron chi connectivity index (χ1n) is 9.79. The maximum Gasteiger partial charge on any atom is 0.407 e. The third kappa shape index (κ3) is 4.16. The highest BCUT2D eigenvalue weighted by atomic mass is 16.5. The van der Waals surface area contributed by atoms with E-state index in [0.29, 0.717) is 0 Å². The molecule has 0 radical (unpaired) electrons. The lowest BCUT2D eigenvalue weighted by Gasteiger charge is -2.18. The molecule has 31 heavy (non-hydrogen) atoms. The van der Waals surface area contributed by atoms with Crippen molar-refractivity contribution < 1.29 is 29.6 Å². The van der Waals surface area contributed by atoms with E-state index in [9.17, 15) is 24.9 Å². The van der Waals surface area contributed by atoms with E-state index >= 15 is 0 Å². The van der Waals surface area contributed by atoms with Crippen LogP contribution in [0, 0.1) is 0 Å². The second-order valence-electron chi connectivity index (χ2n) is 7.38. The van der Waals surface area contributed by atoms with Crippen LogP contribution in [-0.4, -0.2) is 40.0 Å². The molecule has 7 heteroatoms. The van der Waals surface area contributed by atoms with E-state index in [1.54, 1.807) is 0 Å². The molecule has 4 N–H and O–H groups in total. The van der Waals surface area contributed by atoms with Crippen LogP contribution in [0.1, 0.15) is 22.6 Å². The van der Waals surface area contributed by atoms with E-state index in [-0.39, 0.29) is 36.0 Å². The molecule has 0 aromatic heterocycles. The van der Waals surface area contributed by atoms with Crippen molar-refractivity contribution in [3.05, 3.63) is 83.4 Å². The van der Waals surface area contributed by atoms with Gasteiger partial charge >= 0.3 is 12.1 Å². The molecule has 0 bridgehead atoms. The summed E-state index contributed by atoms with van der Waals surface area (Å²) in [6.07, 6.45) is -1.08. The van der Waals surface area contributed by atoms with Crippen LogP contribution in [0.4, 0.5) is 4.79 Å². The van der Waals surface area contributed by atoms with Crippen LogP contribution in [0.25, 0.3) is 11.1 Å². The van der Waals surface area contributed by atoms with Crippen LogP contribution in [0.15, 0.2) is 66.7 Å². The minimum atomic E-state index is -1.33. The Morgan fingerprint density at radius 1 is 0.935 bits per heavy atom. The summed E-state index contributed by atoms with van der Waals surface area (Å²) in [7, 11) is 0. The predicted octanol–water partition coefficient (Wildman–Crippen LogP) is 3.63. The van der Waals surface area contributed by atoms with Crippen molar-refractivity contribution >= 4 is 12.1 Å². The fourth-order valence-electron chi connectivity index (χ4n) is 3.94. The predicted molar refractivity (Wildman–Crippen MR) is 113 cm³/mol. The highest BCUT2D eigenvalue weighted by molar-refractivity contribution is 5.81. The van der Waals surface area contributed by atoms with E-state index in [4.69, 9.17) is 4.74 Å². The molecule has 0 saturated carbocycles. The molecule has 158 valence electrons. The Labute approximate surface area is 178 Å². The van der Waals surface area contributed by atoms with Gasteiger partial charge in [0, 0.05) is 17.9 Å². The van der Waals surface area contributed by atoms with Gasteiger partial charge in [0.25, 0.3) is 0 Å². The van der Waals surface area contributed by atoms with E-state index < -0.39 is 18.1 Å². The fourth-order valence-corrected chi connectivity index (χ4v) is 3.94. The zero-order valence-electron chi connectivity index (χ0n) is 16.5. The minimum Gasteiger partial charge on any atom is -0.508 e. The smallest absolute Gasteiger partial charge is 0.407 e. The normalized spacial score (nSPS) is 13.2. The highest BCUT2D eigenvalue weighted by Gasteiger charge is 2.30. The molecule has 0 heterocycles. The number of alkyl carbamates (subject to hydrolysis) is 1. The molecular weight excluding hydrogens is 398 g/mol. The van der Waals surface area contributed by atoms with Crippen LogP contribution >= 0.6 is 0 Å². The molecule has 1 aliphatic rings. The number of aliphatic carboxylic acids is 1. The molecule has 4 rings (SSSR count). The number of carbonyl (C=O) groups excluding carboxylic acids is 1. The Balaban J connectivity index is 1.45. The maximum absolute atomic E-state index is 12.4. The maximum atomic E-state index is 12.4. The van der Waals surface area contributed by atoms with Crippen molar-refractivity contribution in [2.75, 3.05) is 6.61 Å². The van der Waals surface area contributed by atoms with Gasteiger partial charge in [0.2, 0.25) is 0 Å². The SMILES string of the molecule is O=C(NC(Cc1cc(O)ccc1O)C(=O)O)OCC1c2ccccc2-c2ccccc21. The second-order valence-corrected chi connectivity index (χ2v) is 7.38. The molecule has 1 amide bonds. The van der Waals surface area contributed by atoms with Crippen LogP contribution in [-0.2, 0) is 16.0 Å². The molecule has 0 fully saturated rings. The number of hydrogen-bond donors (Lipinski definition) is 4. The van der Waals surface area contributed by atoms with Crippen LogP contribution in [0.2, 0.25) is 0 Å². The van der Waals surface area contributed by atoms with Crippen LogP contribution in [0.5, 0.6) is 11.5 Å². The lowest BCUT2D eigenvalue weighted by molar-refractivity contribution is -0.139. The van der Waals surface area contributed by atoms with Gasteiger partial charge in [-0.05, 0) is 40.5 Å². The van der Waals surface area contributed by atoms with Gasteiger partial charge in [0.05, 0.1) is 0 Å². The van der Waals surface area contributed by atoms with Gasteiger partial charge in [-0.3, -0.25) is 0 Å². The quantitative estimate of drug-likeness (QED) is 0.454. The number of aromatic hydroxyl groups is 2. The number of phenols is 2. The number of amides is 1. The number of ether oxygens (including phenoxy) is 1. The molecule has 1 aliphatic carbocycles. The Morgan fingerprint density at radius 2 is 1.55 bits per heavy atom. The summed E-state index contributed by atoms with van der Waals surface area (Å²) in [6.45, 7) is 0.0591. The van der Waals surface area contributed by atoms with Gasteiger partial charge in [-0.1, -0.05) is 48.5 Å².